The molecule has 0 saturated heterocycles. The highest BCUT2D eigenvalue weighted by Gasteiger charge is 2.39. The van der Waals surface area contributed by atoms with Crippen LogP contribution in [0, 0.1) is 0 Å². The molecule has 0 fully saturated rings. The number of nitrogen functional groups attached to an aromatic ring is 1. The fourth-order valence-corrected chi connectivity index (χ4v) is 4.08. The van der Waals surface area contributed by atoms with Crippen molar-refractivity contribution in [3.63, 3.8) is 0 Å². The van der Waals surface area contributed by atoms with Gasteiger partial charge in [0, 0.05) is 11.8 Å². The Hall–Kier alpha value is -1.92. The zero-order valence-electron chi connectivity index (χ0n) is 14.8. The lowest BCUT2D eigenvalue weighted by molar-refractivity contribution is 0.493. The fraction of sp³-hybridized carbons (Fsp3) is 0.333. The molecule has 3 rings (SSSR count). The number of anilines is 1. The summed E-state index contributed by atoms with van der Waals surface area (Å²) in [5.74, 6) is 1.45. The van der Waals surface area contributed by atoms with E-state index in [4.69, 9.17) is 15.1 Å². The van der Waals surface area contributed by atoms with Gasteiger partial charge in [0.15, 0.2) is 0 Å². The lowest BCUT2D eigenvalue weighted by Gasteiger charge is -2.36. The molecule has 0 saturated carbocycles. The van der Waals surface area contributed by atoms with Crippen LogP contribution in [-0.4, -0.2) is 18.3 Å². The number of thiazole rings is 1. The van der Waals surface area contributed by atoms with Gasteiger partial charge in [0.1, 0.15) is 16.6 Å². The maximum atomic E-state index is 6.39. The van der Waals surface area contributed by atoms with E-state index in [1.54, 1.807) is 23.6 Å². The molecule has 2 N–H and O–H groups in total. The Balaban J connectivity index is 1.93. The molecular weight excluding hydrogens is 334 g/mol. The first-order chi connectivity index (χ1) is 11.2. The van der Waals surface area contributed by atoms with Crippen molar-refractivity contribution in [2.75, 3.05) is 5.73 Å². The summed E-state index contributed by atoms with van der Waals surface area (Å²) in [5, 5.41) is 1.12. The van der Waals surface area contributed by atoms with Gasteiger partial charge >= 0.3 is 0 Å². The molecule has 3 aromatic rings. The number of rotatable bonds is 3. The van der Waals surface area contributed by atoms with Crippen LogP contribution in [0.25, 0.3) is 20.8 Å². The molecule has 1 aromatic carbocycles. The minimum absolute atomic E-state index is 0.177. The van der Waals surface area contributed by atoms with E-state index < -0.39 is 8.32 Å². The number of benzene rings is 1. The van der Waals surface area contributed by atoms with E-state index in [0.717, 1.165) is 26.5 Å². The minimum Gasteiger partial charge on any atom is -0.543 e. The minimum atomic E-state index is -1.84. The van der Waals surface area contributed by atoms with Crippen molar-refractivity contribution in [1.82, 2.24) is 9.97 Å². The van der Waals surface area contributed by atoms with Gasteiger partial charge in [-0.25, -0.2) is 9.97 Å². The van der Waals surface area contributed by atoms with Crippen molar-refractivity contribution >= 4 is 35.7 Å². The summed E-state index contributed by atoms with van der Waals surface area (Å²) in [5.41, 5.74) is 7.62. The van der Waals surface area contributed by atoms with Gasteiger partial charge in [0.2, 0.25) is 8.32 Å². The molecule has 2 aromatic heterocycles. The summed E-state index contributed by atoms with van der Waals surface area (Å²) in [4.78, 5) is 8.84. The van der Waals surface area contributed by atoms with Gasteiger partial charge < -0.3 is 10.2 Å². The summed E-state index contributed by atoms with van der Waals surface area (Å²) in [7, 11) is -1.84. The smallest absolute Gasteiger partial charge is 0.250 e. The third-order valence-corrected chi connectivity index (χ3v) is 10.00. The summed E-state index contributed by atoms with van der Waals surface area (Å²) >= 11 is 1.65. The molecule has 0 aliphatic carbocycles. The van der Waals surface area contributed by atoms with Gasteiger partial charge in [-0.2, -0.15) is 0 Å². The second kappa shape index (κ2) is 5.86. The van der Waals surface area contributed by atoms with Crippen LogP contribution in [0.2, 0.25) is 18.1 Å². The van der Waals surface area contributed by atoms with E-state index >= 15 is 0 Å². The molecule has 0 atom stereocenters. The summed E-state index contributed by atoms with van der Waals surface area (Å²) in [6.07, 6.45) is 1.76. The van der Waals surface area contributed by atoms with E-state index in [1.165, 1.54) is 0 Å². The Kier molecular flexibility index (Phi) is 4.13. The molecule has 0 spiro atoms. The largest absolute Gasteiger partial charge is 0.543 e. The summed E-state index contributed by atoms with van der Waals surface area (Å²) in [6, 6.07) is 9.90. The van der Waals surface area contributed by atoms with Crippen LogP contribution in [0.15, 0.2) is 36.5 Å². The summed E-state index contributed by atoms with van der Waals surface area (Å²) in [6.45, 7) is 11.3. The molecule has 24 heavy (non-hydrogen) atoms. The number of hydrogen-bond acceptors (Lipinski definition) is 5. The molecule has 0 bridgehead atoms. The first-order valence-electron chi connectivity index (χ1n) is 7.97. The van der Waals surface area contributed by atoms with Crippen LogP contribution in [0.3, 0.4) is 0 Å². The Bertz CT molecular complexity index is 866. The predicted octanol–water partition coefficient (Wildman–Crippen LogP) is 5.32. The van der Waals surface area contributed by atoms with Crippen LogP contribution < -0.4 is 10.2 Å². The zero-order valence-corrected chi connectivity index (χ0v) is 16.6. The Morgan fingerprint density at radius 2 is 1.88 bits per heavy atom. The van der Waals surface area contributed by atoms with E-state index in [-0.39, 0.29) is 5.04 Å². The number of hydrogen-bond donors (Lipinski definition) is 1. The highest BCUT2D eigenvalue weighted by molar-refractivity contribution is 7.21. The molecule has 4 nitrogen and oxygen atoms in total. The van der Waals surface area contributed by atoms with Crippen LogP contribution in [0.1, 0.15) is 20.8 Å². The van der Waals surface area contributed by atoms with Crippen molar-refractivity contribution in [1.29, 1.82) is 0 Å². The monoisotopic (exact) mass is 357 g/mol. The highest BCUT2D eigenvalue weighted by atomic mass is 32.1. The summed E-state index contributed by atoms with van der Waals surface area (Å²) < 4.78 is 7.52. The van der Waals surface area contributed by atoms with Crippen LogP contribution in [-0.2, 0) is 0 Å². The molecule has 0 aliphatic heterocycles. The molecule has 2 heterocycles. The van der Waals surface area contributed by atoms with E-state index in [1.807, 2.05) is 18.2 Å². The Morgan fingerprint density at radius 3 is 2.50 bits per heavy atom. The third-order valence-electron chi connectivity index (χ3n) is 4.57. The van der Waals surface area contributed by atoms with Crippen molar-refractivity contribution in [3.8, 4) is 16.3 Å². The van der Waals surface area contributed by atoms with Crippen LogP contribution in [0.4, 0.5) is 5.82 Å². The first-order valence-corrected chi connectivity index (χ1v) is 11.7. The van der Waals surface area contributed by atoms with E-state index in [0.29, 0.717) is 5.82 Å². The molecule has 126 valence electrons. The SMILES string of the molecule is CC(C)(C)[Si](C)(C)Oc1ccc2nc(-c3ccc(N)nc3)sc2c1. The number of fused-ring (bicyclic) bond motifs is 1. The maximum Gasteiger partial charge on any atom is 0.250 e. The predicted molar refractivity (Wildman–Crippen MR) is 105 cm³/mol. The van der Waals surface area contributed by atoms with Crippen molar-refractivity contribution in [2.45, 2.75) is 38.9 Å². The van der Waals surface area contributed by atoms with Gasteiger partial charge in [-0.15, -0.1) is 11.3 Å². The molecular formula is C18H23N3OSSi. The zero-order chi connectivity index (χ0) is 17.5. The maximum absolute atomic E-state index is 6.39. The second-order valence-corrected chi connectivity index (χ2v) is 13.2. The first kappa shape index (κ1) is 16.9. The van der Waals surface area contributed by atoms with Crippen molar-refractivity contribution < 1.29 is 4.43 Å². The molecule has 6 heteroatoms. The van der Waals surface area contributed by atoms with Crippen LogP contribution in [0.5, 0.6) is 5.75 Å². The Morgan fingerprint density at radius 1 is 1.12 bits per heavy atom. The lowest BCUT2D eigenvalue weighted by Crippen LogP contribution is -2.43. The van der Waals surface area contributed by atoms with E-state index in [2.05, 4.69) is 44.9 Å². The standard InChI is InChI=1S/C18H23N3OSSi/c1-18(2,3)24(4,5)22-13-7-8-14-15(10-13)23-17(21-14)12-6-9-16(19)20-11-12/h6-11H,1-5H3,(H2,19,20). The van der Waals surface area contributed by atoms with Gasteiger partial charge in [-0.05, 0) is 48.5 Å². The van der Waals surface area contributed by atoms with E-state index in [9.17, 15) is 0 Å². The number of nitrogens with two attached hydrogens (primary N) is 1. The van der Waals surface area contributed by atoms with Gasteiger partial charge in [0.05, 0.1) is 10.2 Å². The second-order valence-electron chi connectivity index (χ2n) is 7.48. The van der Waals surface area contributed by atoms with Crippen LogP contribution >= 0.6 is 11.3 Å². The average Bonchev–Trinajstić information content (AvgIpc) is 2.89. The van der Waals surface area contributed by atoms with Crippen molar-refractivity contribution in [2.24, 2.45) is 0 Å². The highest BCUT2D eigenvalue weighted by Crippen LogP contribution is 2.39. The number of aromatic nitrogens is 2. The lowest BCUT2D eigenvalue weighted by atomic mass is 10.2. The number of nitrogens with zero attached hydrogens (tertiary/aromatic N) is 2. The Labute approximate surface area is 147 Å². The molecule has 0 aliphatic rings. The number of pyridine rings is 1. The normalized spacial score (nSPS) is 12.5. The van der Waals surface area contributed by atoms with Gasteiger partial charge in [-0.3, -0.25) is 0 Å². The van der Waals surface area contributed by atoms with Gasteiger partial charge in [-0.1, -0.05) is 20.8 Å². The molecule has 0 amide bonds. The van der Waals surface area contributed by atoms with Crippen molar-refractivity contribution in [3.05, 3.63) is 36.5 Å². The van der Waals surface area contributed by atoms with Gasteiger partial charge in [0.25, 0.3) is 0 Å². The molecule has 0 unspecified atom stereocenters. The fourth-order valence-electron chi connectivity index (χ4n) is 2.07. The third kappa shape index (κ3) is 3.30. The average molecular weight is 358 g/mol. The topological polar surface area (TPSA) is 61.0 Å². The quantitative estimate of drug-likeness (QED) is 0.644. The molecule has 0 radical (unpaired) electrons.